The summed E-state index contributed by atoms with van der Waals surface area (Å²) in [6, 6.07) is 6.78. The Labute approximate surface area is 116 Å². The third-order valence-corrected chi connectivity index (χ3v) is 3.57. The van der Waals surface area contributed by atoms with Crippen LogP contribution in [0.5, 0.6) is 0 Å². The maximum Gasteiger partial charge on any atom is 0.0410 e. The quantitative estimate of drug-likeness (QED) is 0.849. The fourth-order valence-electron chi connectivity index (χ4n) is 2.26. The minimum atomic E-state index is 0.150. The number of hydrogen-bond acceptors (Lipinski definition) is 2. The van der Waals surface area contributed by atoms with Gasteiger partial charge in [0.15, 0.2) is 0 Å². The first-order valence-electron chi connectivity index (χ1n) is 6.72. The Morgan fingerprint density at radius 1 is 1.33 bits per heavy atom. The van der Waals surface area contributed by atoms with Gasteiger partial charge in [-0.25, -0.2) is 0 Å². The minimum absolute atomic E-state index is 0.150. The molecule has 0 bridgehead atoms. The van der Waals surface area contributed by atoms with Crippen molar-refractivity contribution in [3.8, 4) is 0 Å². The monoisotopic (exact) mass is 268 g/mol. The van der Waals surface area contributed by atoms with Crippen LogP contribution < -0.4 is 10.6 Å². The summed E-state index contributed by atoms with van der Waals surface area (Å²) in [6.45, 7) is 6.50. The summed E-state index contributed by atoms with van der Waals surface area (Å²) in [6.07, 6.45) is 3.25. The summed E-state index contributed by atoms with van der Waals surface area (Å²) >= 11 is 6.09. The molecule has 1 aromatic rings. The summed E-state index contributed by atoms with van der Waals surface area (Å²) in [5, 5.41) is 0.783. The molecule has 0 saturated carbocycles. The van der Waals surface area contributed by atoms with Crippen molar-refractivity contribution >= 4 is 17.3 Å². The van der Waals surface area contributed by atoms with E-state index in [1.165, 1.54) is 24.1 Å². The van der Waals surface area contributed by atoms with E-state index < -0.39 is 0 Å². The molecule has 0 amide bonds. The topological polar surface area (TPSA) is 29.3 Å². The fraction of sp³-hybridized carbons (Fsp3) is 0.600. The zero-order valence-electron chi connectivity index (χ0n) is 11.9. The van der Waals surface area contributed by atoms with Crippen LogP contribution in [0.25, 0.3) is 0 Å². The number of benzene rings is 1. The molecule has 0 saturated heterocycles. The highest BCUT2D eigenvalue weighted by Crippen LogP contribution is 2.26. The molecular weight excluding hydrogens is 244 g/mol. The predicted octanol–water partition coefficient (Wildman–Crippen LogP) is 3.85. The number of hydrogen-bond donors (Lipinski definition) is 1. The van der Waals surface area contributed by atoms with Gasteiger partial charge in [0, 0.05) is 29.8 Å². The van der Waals surface area contributed by atoms with Crippen molar-refractivity contribution in [3.63, 3.8) is 0 Å². The third-order valence-electron chi connectivity index (χ3n) is 3.33. The average molecular weight is 269 g/mol. The van der Waals surface area contributed by atoms with Gasteiger partial charge < -0.3 is 10.6 Å². The molecule has 0 radical (unpaired) electrons. The molecule has 2 atom stereocenters. The Balaban J connectivity index is 2.99. The zero-order chi connectivity index (χ0) is 13.7. The van der Waals surface area contributed by atoms with Gasteiger partial charge in [-0.05, 0) is 50.5 Å². The first kappa shape index (κ1) is 15.3. The summed E-state index contributed by atoms with van der Waals surface area (Å²) in [4.78, 5) is 2.33. The SMILES string of the molecule is CCCC(C)N(C)c1ccc(Cl)cc1CC(C)N. The highest BCUT2D eigenvalue weighted by Gasteiger charge is 2.14. The Kier molecular flexibility index (Phi) is 5.97. The normalized spacial score (nSPS) is 14.3. The van der Waals surface area contributed by atoms with Gasteiger partial charge in [-0.15, -0.1) is 0 Å². The molecule has 3 heteroatoms. The standard InChI is InChI=1S/C15H25ClN2/c1-5-6-12(3)18(4)15-8-7-14(16)10-13(15)9-11(2)17/h7-8,10-12H,5-6,9,17H2,1-4H3. The first-order chi connectivity index (χ1) is 8.45. The maximum absolute atomic E-state index is 6.09. The van der Waals surface area contributed by atoms with Gasteiger partial charge in [0.2, 0.25) is 0 Å². The van der Waals surface area contributed by atoms with Crippen LogP contribution in [0.1, 0.15) is 39.2 Å². The molecule has 0 aliphatic carbocycles. The third kappa shape index (κ3) is 4.18. The largest absolute Gasteiger partial charge is 0.372 e. The molecule has 1 aromatic carbocycles. The second kappa shape index (κ2) is 7.01. The lowest BCUT2D eigenvalue weighted by molar-refractivity contribution is 0.612. The number of nitrogens with two attached hydrogens (primary N) is 1. The van der Waals surface area contributed by atoms with Gasteiger partial charge >= 0.3 is 0 Å². The Morgan fingerprint density at radius 2 is 2.00 bits per heavy atom. The molecule has 2 unspecified atom stereocenters. The van der Waals surface area contributed by atoms with Crippen LogP contribution in [0.15, 0.2) is 18.2 Å². The van der Waals surface area contributed by atoms with Crippen LogP contribution in [-0.2, 0) is 6.42 Å². The Bertz CT molecular complexity index is 377. The highest BCUT2D eigenvalue weighted by molar-refractivity contribution is 6.30. The van der Waals surface area contributed by atoms with Crippen molar-refractivity contribution in [2.75, 3.05) is 11.9 Å². The molecule has 0 aliphatic rings. The van der Waals surface area contributed by atoms with E-state index in [0.29, 0.717) is 6.04 Å². The predicted molar refractivity (Wildman–Crippen MR) is 81.6 cm³/mol. The van der Waals surface area contributed by atoms with E-state index in [1.54, 1.807) is 0 Å². The number of anilines is 1. The maximum atomic E-state index is 6.09. The van der Waals surface area contributed by atoms with E-state index in [4.69, 9.17) is 17.3 Å². The van der Waals surface area contributed by atoms with Crippen molar-refractivity contribution in [1.29, 1.82) is 0 Å². The van der Waals surface area contributed by atoms with Crippen molar-refractivity contribution < 1.29 is 0 Å². The second-order valence-corrected chi connectivity index (χ2v) is 5.64. The summed E-state index contributed by atoms with van der Waals surface area (Å²) in [5.41, 5.74) is 8.40. The molecule has 0 fully saturated rings. The summed E-state index contributed by atoms with van der Waals surface area (Å²) < 4.78 is 0. The molecule has 18 heavy (non-hydrogen) atoms. The molecule has 102 valence electrons. The minimum Gasteiger partial charge on any atom is -0.372 e. The zero-order valence-corrected chi connectivity index (χ0v) is 12.7. The van der Waals surface area contributed by atoms with E-state index in [1.807, 2.05) is 19.1 Å². The van der Waals surface area contributed by atoms with Gasteiger partial charge in [0.1, 0.15) is 0 Å². The van der Waals surface area contributed by atoms with Crippen molar-refractivity contribution in [1.82, 2.24) is 0 Å². The van der Waals surface area contributed by atoms with Gasteiger partial charge in [0.25, 0.3) is 0 Å². The first-order valence-corrected chi connectivity index (χ1v) is 7.10. The van der Waals surface area contributed by atoms with E-state index in [9.17, 15) is 0 Å². The van der Waals surface area contributed by atoms with Crippen LogP contribution in [0, 0.1) is 0 Å². The molecule has 1 rings (SSSR count). The van der Waals surface area contributed by atoms with Crippen LogP contribution >= 0.6 is 11.6 Å². The smallest absolute Gasteiger partial charge is 0.0410 e. The fourth-order valence-corrected chi connectivity index (χ4v) is 2.45. The van der Waals surface area contributed by atoms with Crippen LogP contribution in [0.2, 0.25) is 5.02 Å². The number of nitrogens with zero attached hydrogens (tertiary/aromatic N) is 1. The molecule has 2 nitrogen and oxygen atoms in total. The van der Waals surface area contributed by atoms with Gasteiger partial charge in [-0.3, -0.25) is 0 Å². The molecule has 0 spiro atoms. The van der Waals surface area contributed by atoms with Crippen LogP contribution in [-0.4, -0.2) is 19.1 Å². The van der Waals surface area contributed by atoms with Crippen molar-refractivity contribution in [2.45, 2.75) is 52.1 Å². The summed E-state index contributed by atoms with van der Waals surface area (Å²) in [5.74, 6) is 0. The van der Waals surface area contributed by atoms with E-state index >= 15 is 0 Å². The molecule has 0 heterocycles. The second-order valence-electron chi connectivity index (χ2n) is 5.20. The van der Waals surface area contributed by atoms with E-state index in [0.717, 1.165) is 11.4 Å². The van der Waals surface area contributed by atoms with Gasteiger partial charge in [-0.2, -0.15) is 0 Å². The van der Waals surface area contributed by atoms with E-state index in [-0.39, 0.29) is 6.04 Å². The van der Waals surface area contributed by atoms with Gasteiger partial charge in [-0.1, -0.05) is 24.9 Å². The molecular formula is C15H25ClN2. The number of halogens is 1. The Hall–Kier alpha value is -0.730. The lowest BCUT2D eigenvalue weighted by atomic mass is 10.0. The molecule has 0 aliphatic heterocycles. The van der Waals surface area contributed by atoms with Crippen molar-refractivity contribution in [2.24, 2.45) is 5.73 Å². The average Bonchev–Trinajstić information content (AvgIpc) is 2.28. The van der Waals surface area contributed by atoms with Crippen LogP contribution in [0.3, 0.4) is 0 Å². The van der Waals surface area contributed by atoms with Crippen LogP contribution in [0.4, 0.5) is 5.69 Å². The lowest BCUT2D eigenvalue weighted by Gasteiger charge is -2.29. The molecule has 0 aromatic heterocycles. The molecule has 2 N–H and O–H groups in total. The lowest BCUT2D eigenvalue weighted by Crippen LogP contribution is -2.30. The van der Waals surface area contributed by atoms with E-state index in [2.05, 4.69) is 31.9 Å². The summed E-state index contributed by atoms with van der Waals surface area (Å²) in [7, 11) is 2.15. The Morgan fingerprint density at radius 3 is 2.56 bits per heavy atom. The van der Waals surface area contributed by atoms with Crippen molar-refractivity contribution in [3.05, 3.63) is 28.8 Å². The highest BCUT2D eigenvalue weighted by atomic mass is 35.5. The van der Waals surface area contributed by atoms with Gasteiger partial charge in [0.05, 0.1) is 0 Å². The number of rotatable bonds is 6.